The number of hydrogen-bond acceptors (Lipinski definition) is 8. The number of methoxy groups -OCH3 is 2. The molecule has 1 aromatic carbocycles. The largest absolute Gasteiger partial charge is 0.466 e. The smallest absolute Gasteiger partial charge is 0.355 e. The summed E-state index contributed by atoms with van der Waals surface area (Å²) in [7, 11) is -1.12. The number of rotatable bonds is 5. The summed E-state index contributed by atoms with van der Waals surface area (Å²) < 4.78 is 39.7. The zero-order valence-electron chi connectivity index (χ0n) is 15.0. The molecule has 0 saturated heterocycles. The molecule has 1 heterocycles. The Labute approximate surface area is 152 Å². The van der Waals surface area contributed by atoms with Crippen molar-refractivity contribution >= 4 is 27.5 Å². The Kier molecular flexibility index (Phi) is 6.04. The van der Waals surface area contributed by atoms with Crippen LogP contribution < -0.4 is 4.90 Å². The summed E-state index contributed by atoms with van der Waals surface area (Å²) in [6, 6.07) is 6.09. The minimum absolute atomic E-state index is 0.00252. The fourth-order valence-corrected chi connectivity index (χ4v) is 3.55. The van der Waals surface area contributed by atoms with Crippen LogP contribution in [0.3, 0.4) is 0 Å². The highest BCUT2D eigenvalue weighted by molar-refractivity contribution is 7.92. The lowest BCUT2D eigenvalue weighted by Crippen LogP contribution is -2.38. The van der Waals surface area contributed by atoms with Crippen molar-refractivity contribution < 1.29 is 32.2 Å². The summed E-state index contributed by atoms with van der Waals surface area (Å²) in [4.78, 5) is 25.8. The second-order valence-electron chi connectivity index (χ2n) is 5.81. The van der Waals surface area contributed by atoms with E-state index in [2.05, 4.69) is 0 Å². The number of sulfone groups is 1. The maximum Gasteiger partial charge on any atom is 0.355 e. The molecule has 1 aromatic rings. The molecule has 142 valence electrons. The predicted octanol–water partition coefficient (Wildman–Crippen LogP) is 1.26. The van der Waals surface area contributed by atoms with Gasteiger partial charge in [0.05, 0.1) is 36.5 Å². The number of benzene rings is 1. The molecular weight excluding hydrogens is 362 g/mol. The summed E-state index contributed by atoms with van der Waals surface area (Å²) in [5.41, 5.74) is 0.348. The van der Waals surface area contributed by atoms with Gasteiger partial charge in [0.2, 0.25) is 0 Å². The number of carbonyl (C=O) groups is 2. The van der Waals surface area contributed by atoms with Crippen molar-refractivity contribution in [1.82, 2.24) is 0 Å². The average Bonchev–Trinajstić information content (AvgIpc) is 2.66. The Hall–Kier alpha value is -2.39. The van der Waals surface area contributed by atoms with Crippen molar-refractivity contribution in [2.45, 2.75) is 24.0 Å². The highest BCUT2D eigenvalue weighted by Gasteiger charge is 2.33. The molecule has 8 nitrogen and oxygen atoms in total. The molecule has 0 spiro atoms. The van der Waals surface area contributed by atoms with Crippen LogP contribution in [-0.4, -0.2) is 53.2 Å². The third-order valence-electron chi connectivity index (χ3n) is 3.91. The number of hydrogen-bond donors (Lipinski definition) is 0. The Morgan fingerprint density at radius 3 is 2.38 bits per heavy atom. The minimum Gasteiger partial charge on any atom is -0.466 e. The Morgan fingerprint density at radius 2 is 1.81 bits per heavy atom. The van der Waals surface area contributed by atoms with Gasteiger partial charge in [0, 0.05) is 5.69 Å². The van der Waals surface area contributed by atoms with Gasteiger partial charge >= 0.3 is 11.9 Å². The molecule has 0 fully saturated rings. The van der Waals surface area contributed by atoms with Crippen LogP contribution in [0.2, 0.25) is 0 Å². The molecule has 0 radical (unpaired) electrons. The van der Waals surface area contributed by atoms with Crippen molar-refractivity contribution in [3.8, 4) is 0 Å². The van der Waals surface area contributed by atoms with E-state index in [1.165, 1.54) is 31.3 Å². The highest BCUT2D eigenvalue weighted by Crippen LogP contribution is 2.29. The molecule has 0 N–H and O–H groups in total. The number of ether oxygens (including phenoxy) is 3. The highest BCUT2D eigenvalue weighted by atomic mass is 32.2. The van der Waals surface area contributed by atoms with Crippen molar-refractivity contribution in [2.24, 2.45) is 0 Å². The Morgan fingerprint density at radius 1 is 1.15 bits per heavy atom. The molecule has 0 atom stereocenters. The van der Waals surface area contributed by atoms with E-state index in [9.17, 15) is 18.0 Å². The van der Waals surface area contributed by atoms with Gasteiger partial charge in [-0.1, -0.05) is 6.07 Å². The van der Waals surface area contributed by atoms with Crippen LogP contribution in [0.5, 0.6) is 0 Å². The van der Waals surface area contributed by atoms with Crippen molar-refractivity contribution in [2.75, 3.05) is 32.5 Å². The molecule has 1 aliphatic rings. The zero-order valence-corrected chi connectivity index (χ0v) is 15.8. The molecule has 0 unspecified atom stereocenters. The maximum absolute atomic E-state index is 12.4. The molecule has 1 aliphatic heterocycles. The third kappa shape index (κ3) is 3.73. The monoisotopic (exact) mass is 383 g/mol. The normalized spacial score (nSPS) is 15.2. The van der Waals surface area contributed by atoms with Crippen LogP contribution in [0, 0.1) is 0 Å². The Bertz CT molecular complexity index is 842. The second-order valence-corrected chi connectivity index (χ2v) is 8.31. The van der Waals surface area contributed by atoms with Crippen LogP contribution in [0.25, 0.3) is 0 Å². The van der Waals surface area contributed by atoms with Gasteiger partial charge in [0.15, 0.2) is 9.84 Å². The van der Waals surface area contributed by atoms with E-state index < -0.39 is 27.0 Å². The van der Waals surface area contributed by atoms with Gasteiger partial charge in [-0.25, -0.2) is 18.0 Å². The molecule has 2 rings (SSSR count). The van der Waals surface area contributed by atoms with E-state index in [1.807, 2.05) is 0 Å². The van der Waals surface area contributed by atoms with Gasteiger partial charge in [0.1, 0.15) is 12.4 Å². The van der Waals surface area contributed by atoms with Crippen LogP contribution >= 0.6 is 0 Å². The molecule has 26 heavy (non-hydrogen) atoms. The first-order valence-corrected chi connectivity index (χ1v) is 9.37. The third-order valence-corrected chi connectivity index (χ3v) is 6.06. The first-order valence-electron chi connectivity index (χ1n) is 7.83. The van der Waals surface area contributed by atoms with E-state index >= 15 is 0 Å². The average molecular weight is 383 g/mol. The van der Waals surface area contributed by atoms with Gasteiger partial charge in [-0.3, -0.25) is 0 Å². The number of carbonyl (C=O) groups excluding carboxylic acids is 2. The fraction of sp³-hybridized carbons (Fsp3) is 0.412. The topological polar surface area (TPSA) is 99.2 Å². The predicted molar refractivity (Wildman–Crippen MR) is 93.1 cm³/mol. The quantitative estimate of drug-likeness (QED) is 0.701. The SMILES string of the molecule is COC(=O)C1=C(C(=O)OC)N(c2cccc(S(=O)(=O)C(C)C)c2)COC1. The lowest BCUT2D eigenvalue weighted by atomic mass is 10.1. The molecule has 0 bridgehead atoms. The molecule has 0 aliphatic carbocycles. The van der Waals surface area contributed by atoms with E-state index in [-0.39, 0.29) is 29.5 Å². The van der Waals surface area contributed by atoms with E-state index in [4.69, 9.17) is 14.2 Å². The fourth-order valence-electron chi connectivity index (χ4n) is 2.45. The van der Waals surface area contributed by atoms with Crippen molar-refractivity contribution in [1.29, 1.82) is 0 Å². The van der Waals surface area contributed by atoms with Crippen LogP contribution in [0.1, 0.15) is 13.8 Å². The minimum atomic E-state index is -3.51. The summed E-state index contributed by atoms with van der Waals surface area (Å²) in [5.74, 6) is -1.47. The van der Waals surface area contributed by atoms with Gasteiger partial charge in [-0.05, 0) is 32.0 Å². The lowest BCUT2D eigenvalue weighted by molar-refractivity contribution is -0.140. The first-order chi connectivity index (χ1) is 12.2. The molecule has 0 amide bonds. The molecular formula is C17H21NO7S. The van der Waals surface area contributed by atoms with Crippen LogP contribution in [-0.2, 0) is 33.6 Å². The number of nitrogens with zero attached hydrogens (tertiary/aromatic N) is 1. The summed E-state index contributed by atoms with van der Waals surface area (Å²) in [6.07, 6.45) is 0. The van der Waals surface area contributed by atoms with Gasteiger partial charge in [-0.2, -0.15) is 0 Å². The summed E-state index contributed by atoms with van der Waals surface area (Å²) >= 11 is 0. The molecule has 0 aromatic heterocycles. The van der Waals surface area contributed by atoms with E-state index in [1.54, 1.807) is 26.0 Å². The van der Waals surface area contributed by atoms with Gasteiger partial charge in [0.25, 0.3) is 0 Å². The van der Waals surface area contributed by atoms with Gasteiger partial charge in [-0.15, -0.1) is 0 Å². The number of esters is 2. The number of anilines is 1. The van der Waals surface area contributed by atoms with Crippen LogP contribution in [0.4, 0.5) is 5.69 Å². The zero-order chi connectivity index (χ0) is 19.5. The van der Waals surface area contributed by atoms with Gasteiger partial charge < -0.3 is 19.1 Å². The summed E-state index contributed by atoms with van der Waals surface area (Å²) in [6.45, 7) is 3.01. The first kappa shape index (κ1) is 19.9. The van der Waals surface area contributed by atoms with E-state index in [0.29, 0.717) is 5.69 Å². The standard InChI is InChI=1S/C17H21NO7S/c1-11(2)26(21,22)13-7-5-6-12(8-13)18-10-25-9-14(16(19)23-3)15(18)17(20)24-4/h5-8,11H,9-10H2,1-4H3. The summed E-state index contributed by atoms with van der Waals surface area (Å²) in [5, 5.41) is -0.600. The van der Waals surface area contributed by atoms with Crippen molar-refractivity contribution in [3.05, 3.63) is 35.5 Å². The maximum atomic E-state index is 12.4. The van der Waals surface area contributed by atoms with Crippen LogP contribution in [0.15, 0.2) is 40.4 Å². The second kappa shape index (κ2) is 7.88. The van der Waals surface area contributed by atoms with Crippen molar-refractivity contribution in [3.63, 3.8) is 0 Å². The molecule has 9 heteroatoms. The van der Waals surface area contributed by atoms with E-state index in [0.717, 1.165) is 0 Å². The lowest BCUT2D eigenvalue weighted by Gasteiger charge is -2.31. The Balaban J connectivity index is 2.59. The molecule has 0 saturated carbocycles.